The molecular formula is C12H18O3S. The van der Waals surface area contributed by atoms with Gasteiger partial charge in [0.15, 0.2) is 0 Å². The first-order chi connectivity index (χ1) is 7.31. The molecule has 0 N–H and O–H groups in total. The van der Waals surface area contributed by atoms with Crippen molar-refractivity contribution in [3.05, 3.63) is 29.8 Å². The van der Waals surface area contributed by atoms with Crippen molar-refractivity contribution in [2.24, 2.45) is 5.92 Å². The van der Waals surface area contributed by atoms with Crippen molar-refractivity contribution < 1.29 is 12.6 Å². The minimum atomic E-state index is -3.46. The molecule has 16 heavy (non-hydrogen) atoms. The standard InChI is InChI=1S/C12H18O3S/c1-9(2)10(3)11-7-5-6-8-12(11)15-16(4,13)14/h5-10H,1-4H3. The molecule has 0 aromatic heterocycles. The largest absolute Gasteiger partial charge is 0.382 e. The van der Waals surface area contributed by atoms with Crippen LogP contribution in [-0.4, -0.2) is 14.7 Å². The fourth-order valence-corrected chi connectivity index (χ4v) is 1.93. The lowest BCUT2D eigenvalue weighted by Gasteiger charge is -2.18. The third-order valence-electron chi connectivity index (χ3n) is 2.65. The smallest absolute Gasteiger partial charge is 0.306 e. The van der Waals surface area contributed by atoms with Crippen LogP contribution in [0.1, 0.15) is 32.3 Å². The van der Waals surface area contributed by atoms with E-state index in [1.807, 2.05) is 12.1 Å². The van der Waals surface area contributed by atoms with E-state index in [-0.39, 0.29) is 5.92 Å². The third kappa shape index (κ3) is 3.52. The fourth-order valence-electron chi connectivity index (χ4n) is 1.45. The summed E-state index contributed by atoms with van der Waals surface area (Å²) in [6, 6.07) is 7.26. The van der Waals surface area contributed by atoms with E-state index in [0.717, 1.165) is 11.8 Å². The molecule has 1 aromatic rings. The minimum absolute atomic E-state index is 0.262. The second-order valence-electron chi connectivity index (χ2n) is 4.36. The summed E-state index contributed by atoms with van der Waals surface area (Å²) >= 11 is 0. The quantitative estimate of drug-likeness (QED) is 0.762. The van der Waals surface area contributed by atoms with Crippen LogP contribution in [-0.2, 0) is 10.1 Å². The van der Waals surface area contributed by atoms with Crippen molar-refractivity contribution in [3.8, 4) is 5.75 Å². The predicted molar refractivity (Wildman–Crippen MR) is 65.2 cm³/mol. The van der Waals surface area contributed by atoms with Crippen LogP contribution in [0.4, 0.5) is 0 Å². The first kappa shape index (κ1) is 13.0. The topological polar surface area (TPSA) is 43.4 Å². The molecule has 0 aliphatic heterocycles. The van der Waals surface area contributed by atoms with Gasteiger partial charge in [-0.1, -0.05) is 39.0 Å². The maximum atomic E-state index is 11.1. The summed E-state index contributed by atoms with van der Waals surface area (Å²) < 4.78 is 27.2. The van der Waals surface area contributed by atoms with E-state index in [0.29, 0.717) is 11.7 Å². The zero-order valence-corrected chi connectivity index (χ0v) is 10.9. The molecule has 0 bridgehead atoms. The van der Waals surface area contributed by atoms with Gasteiger partial charge in [-0.3, -0.25) is 0 Å². The maximum Gasteiger partial charge on any atom is 0.306 e. The zero-order chi connectivity index (χ0) is 12.3. The number of hydrogen-bond donors (Lipinski definition) is 0. The first-order valence-electron chi connectivity index (χ1n) is 5.29. The summed E-state index contributed by atoms with van der Waals surface area (Å²) in [5, 5.41) is 0. The molecule has 0 saturated heterocycles. The van der Waals surface area contributed by atoms with E-state index < -0.39 is 10.1 Å². The van der Waals surface area contributed by atoms with Crippen LogP contribution >= 0.6 is 0 Å². The molecule has 0 amide bonds. The molecule has 0 spiro atoms. The average molecular weight is 242 g/mol. The van der Waals surface area contributed by atoms with Gasteiger partial charge in [-0.15, -0.1) is 0 Å². The molecule has 3 nitrogen and oxygen atoms in total. The van der Waals surface area contributed by atoms with Gasteiger partial charge < -0.3 is 4.18 Å². The van der Waals surface area contributed by atoms with Gasteiger partial charge in [-0.25, -0.2) is 0 Å². The second-order valence-corrected chi connectivity index (χ2v) is 5.93. The van der Waals surface area contributed by atoms with E-state index in [9.17, 15) is 8.42 Å². The Labute approximate surface area is 97.6 Å². The van der Waals surface area contributed by atoms with Crippen LogP contribution in [0.15, 0.2) is 24.3 Å². The van der Waals surface area contributed by atoms with Gasteiger partial charge in [-0.05, 0) is 23.5 Å². The summed E-state index contributed by atoms with van der Waals surface area (Å²) in [6.45, 7) is 6.26. The van der Waals surface area contributed by atoms with Crippen LogP contribution in [0.3, 0.4) is 0 Å². The number of para-hydroxylation sites is 1. The molecule has 1 atom stereocenters. The number of rotatable bonds is 4. The summed E-state index contributed by atoms with van der Waals surface area (Å²) in [7, 11) is -3.46. The van der Waals surface area contributed by atoms with Gasteiger partial charge in [0.25, 0.3) is 0 Å². The highest BCUT2D eigenvalue weighted by molar-refractivity contribution is 7.86. The molecule has 0 aliphatic rings. The van der Waals surface area contributed by atoms with Crippen molar-refractivity contribution in [1.29, 1.82) is 0 Å². The summed E-state index contributed by atoms with van der Waals surface area (Å²) in [6.07, 6.45) is 1.06. The molecule has 0 heterocycles. The monoisotopic (exact) mass is 242 g/mol. The van der Waals surface area contributed by atoms with Gasteiger partial charge in [0, 0.05) is 0 Å². The van der Waals surface area contributed by atoms with Crippen molar-refractivity contribution in [3.63, 3.8) is 0 Å². The van der Waals surface area contributed by atoms with Crippen LogP contribution in [0.5, 0.6) is 5.75 Å². The third-order valence-corrected chi connectivity index (χ3v) is 3.13. The van der Waals surface area contributed by atoms with Crippen LogP contribution in [0, 0.1) is 5.92 Å². The highest BCUT2D eigenvalue weighted by atomic mass is 32.2. The second kappa shape index (κ2) is 4.87. The van der Waals surface area contributed by atoms with Gasteiger partial charge in [0.1, 0.15) is 5.75 Å². The molecule has 0 aliphatic carbocycles. The molecule has 0 fully saturated rings. The first-order valence-corrected chi connectivity index (χ1v) is 7.11. The lowest BCUT2D eigenvalue weighted by molar-refractivity contribution is 0.473. The highest BCUT2D eigenvalue weighted by Gasteiger charge is 2.16. The van der Waals surface area contributed by atoms with Gasteiger partial charge >= 0.3 is 10.1 Å². The van der Waals surface area contributed by atoms with E-state index in [1.165, 1.54) is 0 Å². The Morgan fingerprint density at radius 1 is 1.12 bits per heavy atom. The lowest BCUT2D eigenvalue weighted by Crippen LogP contribution is -2.10. The van der Waals surface area contributed by atoms with Crippen LogP contribution in [0.2, 0.25) is 0 Å². The van der Waals surface area contributed by atoms with Crippen molar-refractivity contribution in [2.75, 3.05) is 6.26 Å². The number of hydrogen-bond acceptors (Lipinski definition) is 3. The van der Waals surface area contributed by atoms with E-state index >= 15 is 0 Å². The molecule has 0 radical (unpaired) electrons. The van der Waals surface area contributed by atoms with Gasteiger partial charge in [0.05, 0.1) is 6.26 Å². The maximum absolute atomic E-state index is 11.1. The summed E-state index contributed by atoms with van der Waals surface area (Å²) in [5.41, 5.74) is 0.933. The van der Waals surface area contributed by atoms with Crippen LogP contribution in [0.25, 0.3) is 0 Å². The Morgan fingerprint density at radius 3 is 2.19 bits per heavy atom. The predicted octanol–water partition coefficient (Wildman–Crippen LogP) is 2.78. The Kier molecular flexibility index (Phi) is 3.97. The number of benzene rings is 1. The highest BCUT2D eigenvalue weighted by Crippen LogP contribution is 2.31. The van der Waals surface area contributed by atoms with Crippen molar-refractivity contribution in [2.45, 2.75) is 26.7 Å². The molecule has 1 unspecified atom stereocenters. The Morgan fingerprint density at radius 2 is 1.69 bits per heavy atom. The normalized spacial score (nSPS) is 13.8. The van der Waals surface area contributed by atoms with Crippen LogP contribution < -0.4 is 4.18 Å². The zero-order valence-electron chi connectivity index (χ0n) is 10.1. The van der Waals surface area contributed by atoms with Gasteiger partial charge in [0.2, 0.25) is 0 Å². The van der Waals surface area contributed by atoms with Crippen molar-refractivity contribution >= 4 is 10.1 Å². The average Bonchev–Trinajstić information content (AvgIpc) is 2.15. The SMILES string of the molecule is CC(C)C(C)c1ccccc1OS(C)(=O)=O. The molecule has 1 rings (SSSR count). The Balaban J connectivity index is 3.10. The molecule has 90 valence electrons. The molecular weight excluding hydrogens is 224 g/mol. The van der Waals surface area contributed by atoms with Crippen molar-refractivity contribution in [1.82, 2.24) is 0 Å². The molecule has 1 aromatic carbocycles. The lowest BCUT2D eigenvalue weighted by atomic mass is 9.90. The summed E-state index contributed by atoms with van der Waals surface area (Å²) in [4.78, 5) is 0. The summed E-state index contributed by atoms with van der Waals surface area (Å²) in [5.74, 6) is 1.13. The fraction of sp³-hybridized carbons (Fsp3) is 0.500. The Bertz CT molecular complexity index is 449. The van der Waals surface area contributed by atoms with E-state index in [1.54, 1.807) is 12.1 Å². The molecule has 4 heteroatoms. The van der Waals surface area contributed by atoms with E-state index in [4.69, 9.17) is 4.18 Å². The van der Waals surface area contributed by atoms with E-state index in [2.05, 4.69) is 20.8 Å². The molecule has 0 saturated carbocycles. The van der Waals surface area contributed by atoms with Gasteiger partial charge in [-0.2, -0.15) is 8.42 Å². The minimum Gasteiger partial charge on any atom is -0.382 e. The Hall–Kier alpha value is -1.03.